The number of carbonyl (C=O) groups excluding carboxylic acids is 1. The Kier molecular flexibility index (Phi) is 3.40. The zero-order valence-electron chi connectivity index (χ0n) is 9.01. The summed E-state index contributed by atoms with van der Waals surface area (Å²) in [4.78, 5) is 15.6. The number of allylic oxidation sites excluding steroid dienone is 1. The first kappa shape index (κ1) is 11.2. The summed E-state index contributed by atoms with van der Waals surface area (Å²) < 4.78 is 12.7. The van der Waals surface area contributed by atoms with Crippen molar-refractivity contribution in [3.05, 3.63) is 71.8 Å². The molecule has 0 saturated heterocycles. The van der Waals surface area contributed by atoms with Crippen LogP contribution in [0.2, 0.25) is 0 Å². The van der Waals surface area contributed by atoms with E-state index in [2.05, 4.69) is 4.98 Å². The molecule has 0 bridgehead atoms. The van der Waals surface area contributed by atoms with Gasteiger partial charge in [-0.1, -0.05) is 18.2 Å². The molecule has 1 aromatic carbocycles. The minimum Gasteiger partial charge on any atom is -0.289 e. The molecule has 1 heterocycles. The lowest BCUT2D eigenvalue weighted by molar-refractivity contribution is 0.104. The van der Waals surface area contributed by atoms with Gasteiger partial charge in [0.25, 0.3) is 0 Å². The summed E-state index contributed by atoms with van der Waals surface area (Å²) >= 11 is 0. The normalized spacial score (nSPS) is 10.6. The Morgan fingerprint density at radius 2 is 1.94 bits per heavy atom. The van der Waals surface area contributed by atoms with Gasteiger partial charge in [0.05, 0.1) is 0 Å². The van der Waals surface area contributed by atoms with Crippen molar-refractivity contribution in [3.63, 3.8) is 0 Å². The van der Waals surface area contributed by atoms with Gasteiger partial charge in [0, 0.05) is 18.0 Å². The number of halogens is 1. The summed E-state index contributed by atoms with van der Waals surface area (Å²) in [6, 6.07) is 9.34. The van der Waals surface area contributed by atoms with E-state index in [0.29, 0.717) is 5.56 Å². The third kappa shape index (κ3) is 3.08. The third-order valence-corrected chi connectivity index (χ3v) is 2.24. The smallest absolute Gasteiger partial charge is 0.187 e. The Balaban J connectivity index is 2.11. The number of carbonyl (C=O) groups is 1. The van der Waals surface area contributed by atoms with E-state index < -0.39 is 0 Å². The lowest BCUT2D eigenvalue weighted by atomic mass is 10.1. The van der Waals surface area contributed by atoms with E-state index in [1.165, 1.54) is 24.4 Å². The van der Waals surface area contributed by atoms with Crippen LogP contribution in [0.3, 0.4) is 0 Å². The predicted molar refractivity (Wildman–Crippen MR) is 64.0 cm³/mol. The largest absolute Gasteiger partial charge is 0.289 e. The fraction of sp³-hybridized carbons (Fsp3) is 0. The lowest BCUT2D eigenvalue weighted by Gasteiger charge is -1.94. The molecule has 0 unspecified atom stereocenters. The molecule has 0 radical (unpaired) electrons. The lowest BCUT2D eigenvalue weighted by Crippen LogP contribution is -1.93. The van der Waals surface area contributed by atoms with Crippen LogP contribution in [0.1, 0.15) is 15.9 Å². The minimum atomic E-state index is -0.291. The number of ketones is 1. The minimum absolute atomic E-state index is 0.123. The van der Waals surface area contributed by atoms with Gasteiger partial charge in [-0.2, -0.15) is 0 Å². The highest BCUT2D eigenvalue weighted by atomic mass is 19.1. The molecule has 3 heteroatoms. The second-order valence-corrected chi connectivity index (χ2v) is 3.49. The third-order valence-electron chi connectivity index (χ3n) is 2.24. The van der Waals surface area contributed by atoms with Crippen molar-refractivity contribution in [2.45, 2.75) is 0 Å². The van der Waals surface area contributed by atoms with Crippen molar-refractivity contribution >= 4 is 11.9 Å². The highest BCUT2D eigenvalue weighted by molar-refractivity contribution is 6.06. The van der Waals surface area contributed by atoms with Crippen LogP contribution in [-0.2, 0) is 0 Å². The van der Waals surface area contributed by atoms with Gasteiger partial charge < -0.3 is 0 Å². The fourth-order valence-corrected chi connectivity index (χ4v) is 1.35. The van der Waals surface area contributed by atoms with E-state index in [4.69, 9.17) is 0 Å². The van der Waals surface area contributed by atoms with Crippen LogP contribution in [0.4, 0.5) is 4.39 Å². The number of rotatable bonds is 3. The first-order valence-electron chi connectivity index (χ1n) is 5.14. The molecule has 17 heavy (non-hydrogen) atoms. The van der Waals surface area contributed by atoms with E-state index in [0.717, 1.165) is 5.56 Å². The zero-order chi connectivity index (χ0) is 12.1. The summed E-state index contributed by atoms with van der Waals surface area (Å²) in [6.45, 7) is 0. The maximum absolute atomic E-state index is 12.7. The van der Waals surface area contributed by atoms with E-state index in [9.17, 15) is 9.18 Å². The predicted octanol–water partition coefficient (Wildman–Crippen LogP) is 3.12. The van der Waals surface area contributed by atoms with Crippen LogP contribution in [-0.4, -0.2) is 10.8 Å². The average Bonchev–Trinajstić information content (AvgIpc) is 2.39. The standard InChI is InChI=1S/C14H10FNO/c15-13-6-3-11(4-7-13)5-8-14(17)12-2-1-9-16-10-12/h1-10H. The molecule has 1 aromatic heterocycles. The molecular formula is C14H10FNO. The molecule has 0 atom stereocenters. The Morgan fingerprint density at radius 3 is 2.59 bits per heavy atom. The van der Waals surface area contributed by atoms with Crippen molar-refractivity contribution in [1.82, 2.24) is 4.98 Å². The Morgan fingerprint density at radius 1 is 1.18 bits per heavy atom. The van der Waals surface area contributed by atoms with E-state index in [1.807, 2.05) is 0 Å². The van der Waals surface area contributed by atoms with E-state index in [-0.39, 0.29) is 11.6 Å². The van der Waals surface area contributed by atoms with Crippen LogP contribution in [0.15, 0.2) is 54.9 Å². The van der Waals surface area contributed by atoms with Crippen LogP contribution in [0.25, 0.3) is 6.08 Å². The van der Waals surface area contributed by atoms with E-state index >= 15 is 0 Å². The van der Waals surface area contributed by atoms with Gasteiger partial charge in [-0.05, 0) is 35.9 Å². The second-order valence-electron chi connectivity index (χ2n) is 3.49. The first-order chi connectivity index (χ1) is 8.25. The molecular weight excluding hydrogens is 217 g/mol. The number of hydrogen-bond acceptors (Lipinski definition) is 2. The molecule has 2 aromatic rings. The number of hydrogen-bond donors (Lipinski definition) is 0. The Labute approximate surface area is 98.4 Å². The Hall–Kier alpha value is -2.29. The molecule has 2 rings (SSSR count). The molecule has 0 N–H and O–H groups in total. The quantitative estimate of drug-likeness (QED) is 0.595. The van der Waals surface area contributed by atoms with Crippen LogP contribution >= 0.6 is 0 Å². The maximum Gasteiger partial charge on any atom is 0.187 e. The van der Waals surface area contributed by atoms with Gasteiger partial charge in [0.1, 0.15) is 5.82 Å². The van der Waals surface area contributed by atoms with E-state index in [1.54, 1.807) is 36.5 Å². The number of nitrogens with zero attached hydrogens (tertiary/aromatic N) is 1. The van der Waals surface area contributed by atoms with Gasteiger partial charge in [0.2, 0.25) is 0 Å². The van der Waals surface area contributed by atoms with Crippen LogP contribution in [0.5, 0.6) is 0 Å². The van der Waals surface area contributed by atoms with Gasteiger partial charge in [-0.15, -0.1) is 0 Å². The molecule has 0 fully saturated rings. The Bertz CT molecular complexity index is 532. The molecule has 0 spiro atoms. The molecule has 0 saturated carbocycles. The van der Waals surface area contributed by atoms with Crippen molar-refractivity contribution in [1.29, 1.82) is 0 Å². The highest BCUT2D eigenvalue weighted by Gasteiger charge is 1.99. The summed E-state index contributed by atoms with van der Waals surface area (Å²) in [6.07, 6.45) is 6.22. The molecule has 84 valence electrons. The SMILES string of the molecule is O=C(C=Cc1ccc(F)cc1)c1cccnc1. The zero-order valence-corrected chi connectivity index (χ0v) is 9.01. The highest BCUT2D eigenvalue weighted by Crippen LogP contribution is 2.06. The summed E-state index contributed by atoms with van der Waals surface area (Å²) in [5, 5.41) is 0. The number of aromatic nitrogens is 1. The second kappa shape index (κ2) is 5.16. The fourth-order valence-electron chi connectivity index (χ4n) is 1.35. The van der Waals surface area contributed by atoms with Crippen LogP contribution < -0.4 is 0 Å². The summed E-state index contributed by atoms with van der Waals surface area (Å²) in [7, 11) is 0. The topological polar surface area (TPSA) is 30.0 Å². The summed E-state index contributed by atoms with van der Waals surface area (Å²) in [5.74, 6) is -0.414. The van der Waals surface area contributed by atoms with Crippen molar-refractivity contribution in [3.8, 4) is 0 Å². The van der Waals surface area contributed by atoms with Crippen molar-refractivity contribution in [2.24, 2.45) is 0 Å². The molecule has 0 aliphatic rings. The molecule has 0 aliphatic heterocycles. The molecule has 2 nitrogen and oxygen atoms in total. The van der Waals surface area contributed by atoms with Gasteiger partial charge in [-0.3, -0.25) is 9.78 Å². The number of benzene rings is 1. The van der Waals surface area contributed by atoms with Crippen molar-refractivity contribution in [2.75, 3.05) is 0 Å². The number of pyridine rings is 1. The van der Waals surface area contributed by atoms with Crippen LogP contribution in [0, 0.1) is 5.82 Å². The first-order valence-corrected chi connectivity index (χ1v) is 5.14. The average molecular weight is 227 g/mol. The van der Waals surface area contributed by atoms with Crippen molar-refractivity contribution < 1.29 is 9.18 Å². The van der Waals surface area contributed by atoms with Gasteiger partial charge in [0.15, 0.2) is 5.78 Å². The van der Waals surface area contributed by atoms with Gasteiger partial charge in [-0.25, -0.2) is 4.39 Å². The van der Waals surface area contributed by atoms with Gasteiger partial charge >= 0.3 is 0 Å². The monoisotopic (exact) mass is 227 g/mol. The summed E-state index contributed by atoms with van der Waals surface area (Å²) in [5.41, 5.74) is 1.31. The molecule has 0 amide bonds. The maximum atomic E-state index is 12.7. The molecule has 0 aliphatic carbocycles.